The first kappa shape index (κ1) is 26.2. The van der Waals surface area contributed by atoms with Crippen molar-refractivity contribution in [1.29, 1.82) is 0 Å². The van der Waals surface area contributed by atoms with Crippen LogP contribution in [0.15, 0.2) is 42.5 Å². The quantitative estimate of drug-likeness (QED) is 0.627. The minimum absolute atomic E-state index is 0.0918. The smallest absolute Gasteiger partial charge is 0.321 e. The number of aliphatic hydroxyl groups excluding tert-OH is 1. The second kappa shape index (κ2) is 11.3. The number of methoxy groups -OCH3 is 1. The Morgan fingerprint density at radius 1 is 1.23 bits per heavy atom. The number of urea groups is 1. The summed E-state index contributed by atoms with van der Waals surface area (Å²) in [6.07, 6.45) is -0.368. The fourth-order valence-electron chi connectivity index (χ4n) is 3.95. The van der Waals surface area contributed by atoms with Gasteiger partial charge in [0.1, 0.15) is 17.6 Å². The first-order valence-corrected chi connectivity index (χ1v) is 11.7. The minimum atomic E-state index is -0.368. The zero-order valence-corrected chi connectivity index (χ0v) is 21.3. The predicted octanol–water partition coefficient (Wildman–Crippen LogP) is 3.15. The van der Waals surface area contributed by atoms with Gasteiger partial charge in [0.2, 0.25) is 0 Å². The third-order valence-corrected chi connectivity index (χ3v) is 6.31. The largest absolute Gasteiger partial charge is 0.497 e. The highest BCUT2D eigenvalue weighted by atomic mass is 16.5. The lowest BCUT2D eigenvalue weighted by Crippen LogP contribution is -2.50. The lowest BCUT2D eigenvalue weighted by molar-refractivity contribution is 0.0371. The van der Waals surface area contributed by atoms with Gasteiger partial charge in [-0.15, -0.1) is 0 Å². The van der Waals surface area contributed by atoms with Crippen molar-refractivity contribution in [1.82, 2.24) is 9.80 Å². The van der Waals surface area contributed by atoms with Crippen LogP contribution in [0.4, 0.5) is 16.2 Å². The van der Waals surface area contributed by atoms with Crippen LogP contribution in [0, 0.1) is 5.92 Å². The number of fused-ring (bicyclic) bond motifs is 1. The molecule has 35 heavy (non-hydrogen) atoms. The molecule has 9 heteroatoms. The Labute approximate surface area is 207 Å². The van der Waals surface area contributed by atoms with Crippen LogP contribution < -0.4 is 19.7 Å². The van der Waals surface area contributed by atoms with Crippen LogP contribution in [0.25, 0.3) is 0 Å². The van der Waals surface area contributed by atoms with E-state index in [0.717, 1.165) is 5.69 Å². The number of carbonyl (C=O) groups is 2. The van der Waals surface area contributed by atoms with Crippen LogP contribution in [-0.4, -0.2) is 86.9 Å². The molecule has 0 saturated heterocycles. The maximum Gasteiger partial charge on any atom is 0.321 e. The zero-order chi connectivity index (χ0) is 25.7. The summed E-state index contributed by atoms with van der Waals surface area (Å²) >= 11 is 0. The molecular formula is C26H36N4O5. The maximum absolute atomic E-state index is 13.4. The van der Waals surface area contributed by atoms with Crippen LogP contribution in [0.5, 0.6) is 11.5 Å². The summed E-state index contributed by atoms with van der Waals surface area (Å²) < 4.78 is 11.5. The van der Waals surface area contributed by atoms with Gasteiger partial charge in [-0.2, -0.15) is 0 Å². The van der Waals surface area contributed by atoms with Gasteiger partial charge in [0.25, 0.3) is 5.91 Å². The number of anilines is 2. The monoisotopic (exact) mass is 484 g/mol. The number of rotatable bonds is 7. The van der Waals surface area contributed by atoms with Gasteiger partial charge in [0.05, 0.1) is 31.9 Å². The van der Waals surface area contributed by atoms with Crippen molar-refractivity contribution in [3.8, 4) is 11.5 Å². The van der Waals surface area contributed by atoms with Gasteiger partial charge in [-0.1, -0.05) is 6.92 Å². The molecule has 0 unspecified atom stereocenters. The Morgan fingerprint density at radius 3 is 2.51 bits per heavy atom. The topological polar surface area (TPSA) is 94.6 Å². The van der Waals surface area contributed by atoms with Crippen molar-refractivity contribution >= 4 is 23.3 Å². The maximum atomic E-state index is 13.4. The van der Waals surface area contributed by atoms with E-state index < -0.39 is 0 Å². The van der Waals surface area contributed by atoms with E-state index in [9.17, 15) is 14.7 Å². The molecule has 2 aromatic carbocycles. The van der Waals surface area contributed by atoms with Gasteiger partial charge < -0.3 is 34.6 Å². The fourth-order valence-corrected chi connectivity index (χ4v) is 3.95. The standard InChI is InChI=1S/C26H36N4O5/c1-17-14-30(18(2)16-31)25(32)22-13-20(28(3)4)9-12-23(22)35-24(17)15-29(5)26(33)27-19-7-10-21(34-6)11-8-19/h7-13,17-18,24,31H,14-16H2,1-6H3,(H,27,33)/t17-,18+,24-/m1/s1. The van der Waals surface area contributed by atoms with E-state index in [1.165, 1.54) is 0 Å². The van der Waals surface area contributed by atoms with Gasteiger partial charge in [0, 0.05) is 45.0 Å². The predicted molar refractivity (Wildman–Crippen MR) is 137 cm³/mol. The van der Waals surface area contributed by atoms with Gasteiger partial charge in [-0.3, -0.25) is 4.79 Å². The van der Waals surface area contributed by atoms with Crippen LogP contribution in [0.2, 0.25) is 0 Å². The number of benzene rings is 2. The summed E-state index contributed by atoms with van der Waals surface area (Å²) in [6, 6.07) is 12.0. The molecule has 2 aromatic rings. The van der Waals surface area contributed by atoms with Crippen molar-refractivity contribution in [3.05, 3.63) is 48.0 Å². The lowest BCUT2D eigenvalue weighted by atomic mass is 9.99. The van der Waals surface area contributed by atoms with E-state index in [4.69, 9.17) is 9.47 Å². The van der Waals surface area contributed by atoms with E-state index >= 15 is 0 Å². The van der Waals surface area contributed by atoms with E-state index in [2.05, 4.69) is 5.32 Å². The van der Waals surface area contributed by atoms with Gasteiger partial charge in [-0.05, 0) is 49.4 Å². The van der Waals surface area contributed by atoms with Crippen molar-refractivity contribution in [2.45, 2.75) is 26.0 Å². The summed E-state index contributed by atoms with van der Waals surface area (Å²) in [6.45, 7) is 4.38. The number of nitrogens with zero attached hydrogens (tertiary/aromatic N) is 3. The number of hydrogen-bond acceptors (Lipinski definition) is 6. The number of nitrogens with one attached hydrogen (secondary N) is 1. The molecule has 0 bridgehead atoms. The minimum Gasteiger partial charge on any atom is -0.497 e. The van der Waals surface area contributed by atoms with Crippen molar-refractivity contribution in [3.63, 3.8) is 0 Å². The molecule has 0 aromatic heterocycles. The highest BCUT2D eigenvalue weighted by Crippen LogP contribution is 2.31. The van der Waals surface area contributed by atoms with Crippen molar-refractivity contribution < 1.29 is 24.2 Å². The molecular weight excluding hydrogens is 448 g/mol. The molecule has 1 heterocycles. The molecule has 0 aliphatic carbocycles. The van der Waals surface area contributed by atoms with Gasteiger partial charge >= 0.3 is 6.03 Å². The Balaban J connectivity index is 1.83. The molecule has 0 saturated carbocycles. The molecule has 3 rings (SSSR count). The summed E-state index contributed by atoms with van der Waals surface area (Å²) in [5.41, 5.74) is 1.97. The fraction of sp³-hybridized carbons (Fsp3) is 0.462. The Hall–Kier alpha value is -3.46. The molecule has 2 N–H and O–H groups in total. The summed E-state index contributed by atoms with van der Waals surface area (Å²) in [5, 5.41) is 12.7. The third kappa shape index (κ3) is 6.16. The Bertz CT molecular complexity index is 1030. The SMILES string of the molecule is COc1ccc(NC(=O)N(C)C[C@H]2Oc3ccc(N(C)C)cc3C(=O)N([C@@H](C)CO)C[C@H]2C)cc1. The van der Waals surface area contributed by atoms with E-state index in [0.29, 0.717) is 35.8 Å². The lowest BCUT2D eigenvalue weighted by Gasteiger charge is -2.38. The first-order chi connectivity index (χ1) is 16.6. The summed E-state index contributed by atoms with van der Waals surface area (Å²) in [5.74, 6) is 0.906. The van der Waals surface area contributed by atoms with Crippen LogP contribution in [0.1, 0.15) is 24.2 Å². The number of likely N-dealkylation sites (N-methyl/N-ethyl adjacent to an activating group) is 1. The molecule has 0 radical (unpaired) electrons. The van der Waals surface area contributed by atoms with Crippen LogP contribution in [0.3, 0.4) is 0 Å². The highest BCUT2D eigenvalue weighted by molar-refractivity contribution is 5.98. The molecule has 3 amide bonds. The number of ether oxygens (including phenoxy) is 2. The van der Waals surface area contributed by atoms with Crippen LogP contribution in [-0.2, 0) is 0 Å². The number of amides is 3. The second-order valence-corrected chi connectivity index (χ2v) is 9.24. The van der Waals surface area contributed by atoms with E-state index in [1.807, 2.05) is 45.0 Å². The van der Waals surface area contributed by atoms with Gasteiger partial charge in [0.15, 0.2) is 0 Å². The highest BCUT2D eigenvalue weighted by Gasteiger charge is 2.34. The molecule has 0 fully saturated rings. The molecule has 1 aliphatic rings. The van der Waals surface area contributed by atoms with Crippen LogP contribution >= 0.6 is 0 Å². The van der Waals surface area contributed by atoms with Crippen molar-refractivity contribution in [2.24, 2.45) is 5.92 Å². The Kier molecular flexibility index (Phi) is 8.45. The number of carbonyl (C=O) groups excluding carboxylic acids is 2. The first-order valence-electron chi connectivity index (χ1n) is 11.7. The van der Waals surface area contributed by atoms with Crippen molar-refractivity contribution in [2.75, 3.05) is 58.2 Å². The second-order valence-electron chi connectivity index (χ2n) is 9.24. The third-order valence-electron chi connectivity index (χ3n) is 6.31. The average molecular weight is 485 g/mol. The molecule has 0 spiro atoms. The zero-order valence-electron chi connectivity index (χ0n) is 21.3. The normalized spacial score (nSPS) is 18.5. The Morgan fingerprint density at radius 2 is 1.91 bits per heavy atom. The summed E-state index contributed by atoms with van der Waals surface area (Å²) in [7, 11) is 7.12. The molecule has 9 nitrogen and oxygen atoms in total. The van der Waals surface area contributed by atoms with E-state index in [-0.39, 0.29) is 36.6 Å². The number of aliphatic hydroxyl groups is 1. The molecule has 190 valence electrons. The molecule has 1 aliphatic heterocycles. The molecule has 3 atom stereocenters. The summed E-state index contributed by atoms with van der Waals surface area (Å²) in [4.78, 5) is 31.5. The van der Waals surface area contributed by atoms with E-state index in [1.54, 1.807) is 54.3 Å². The van der Waals surface area contributed by atoms with Gasteiger partial charge in [-0.25, -0.2) is 4.79 Å². The average Bonchev–Trinajstić information content (AvgIpc) is 2.85. The number of hydrogen-bond donors (Lipinski definition) is 2.